The molecule has 1 aliphatic carbocycles. The van der Waals surface area contributed by atoms with Crippen molar-refractivity contribution in [2.24, 2.45) is 0 Å². The Balaban J connectivity index is 0.997. The van der Waals surface area contributed by atoms with Gasteiger partial charge >= 0.3 is 0 Å². The number of aromatic nitrogens is 4. The van der Waals surface area contributed by atoms with E-state index in [1.807, 2.05) is 72.8 Å². The Morgan fingerprint density at radius 2 is 1.08 bits per heavy atom. The Bertz CT molecular complexity index is 3790. The van der Waals surface area contributed by atoms with Crippen molar-refractivity contribution in [1.29, 1.82) is 0 Å². The minimum atomic E-state index is 0.597. The van der Waals surface area contributed by atoms with Gasteiger partial charge in [0, 0.05) is 49.5 Å². The average molecular weight is 845 g/mol. The molecule has 1 aliphatic rings. The zero-order valence-corrected chi connectivity index (χ0v) is 35.9. The van der Waals surface area contributed by atoms with Crippen LogP contribution in [0.4, 0.5) is 0 Å². The summed E-state index contributed by atoms with van der Waals surface area (Å²) >= 11 is 0. The number of benzene rings is 9. The number of rotatable bonds is 7. The molecule has 0 spiro atoms. The first kappa shape index (κ1) is 37.8. The zero-order chi connectivity index (χ0) is 43.6. The minimum Gasteiger partial charge on any atom is -0.456 e. The van der Waals surface area contributed by atoms with E-state index in [1.165, 1.54) is 55.2 Å². The molecule has 12 aromatic rings. The normalized spacial score (nSPS) is 12.9. The maximum atomic E-state index is 6.57. The number of allylic oxidation sites excluding steroid dienone is 2. The van der Waals surface area contributed by atoms with Crippen molar-refractivity contribution < 1.29 is 4.42 Å². The lowest BCUT2D eigenvalue weighted by atomic mass is 9.80. The molecule has 3 aromatic heterocycles. The minimum absolute atomic E-state index is 0.597. The summed E-state index contributed by atoms with van der Waals surface area (Å²) in [6.45, 7) is 0. The summed E-state index contributed by atoms with van der Waals surface area (Å²) in [4.78, 5) is 15.2. The van der Waals surface area contributed by atoms with Crippen LogP contribution in [0, 0.1) is 0 Å². The summed E-state index contributed by atoms with van der Waals surface area (Å²) in [7, 11) is 0. The zero-order valence-electron chi connectivity index (χ0n) is 35.9. The van der Waals surface area contributed by atoms with Gasteiger partial charge in [-0.1, -0.05) is 176 Å². The molecule has 0 unspecified atom stereocenters. The Hall–Kier alpha value is -8.67. The molecule has 0 N–H and O–H groups in total. The Morgan fingerprint density at radius 3 is 1.82 bits per heavy atom. The number of hydrogen-bond donors (Lipinski definition) is 0. The highest BCUT2D eigenvalue weighted by molar-refractivity contribution is 6.18. The number of nitrogens with zero attached hydrogens (tertiary/aromatic N) is 4. The third kappa shape index (κ3) is 6.35. The van der Waals surface area contributed by atoms with E-state index in [0.717, 1.165) is 68.3 Å². The van der Waals surface area contributed by atoms with Crippen LogP contribution in [-0.4, -0.2) is 19.5 Å². The highest BCUT2D eigenvalue weighted by Crippen LogP contribution is 2.48. The lowest BCUT2D eigenvalue weighted by Crippen LogP contribution is -2.06. The third-order valence-electron chi connectivity index (χ3n) is 13.2. The van der Waals surface area contributed by atoms with Gasteiger partial charge in [0.05, 0.1) is 11.0 Å². The standard InChI is InChI=1S/C61H40N4O/c1-5-16-39(17-6-1)28-29-45-36-44-22-13-14-25-47(44)57-48(45)32-33-49-51-37-42(30-34-53(51)65(58(49)57)46-23-11-4-12-24-46)43-31-35-54-52(38-43)56-50(26-15-27-55(56)66-54)61-63-59(40-18-7-2-8-19-40)62-60(64-61)41-20-9-3-10-21-41/h1-27,29-35,37-38H,28,36H2. The van der Waals surface area contributed by atoms with Gasteiger partial charge in [0.25, 0.3) is 0 Å². The fraction of sp³-hybridized carbons (Fsp3) is 0.0328. The molecule has 0 amide bonds. The summed E-state index contributed by atoms with van der Waals surface area (Å²) in [6, 6.07) is 75.1. The van der Waals surface area contributed by atoms with Crippen molar-refractivity contribution in [2.75, 3.05) is 0 Å². The first-order valence-electron chi connectivity index (χ1n) is 22.5. The summed E-state index contributed by atoms with van der Waals surface area (Å²) < 4.78 is 9.05. The van der Waals surface area contributed by atoms with Gasteiger partial charge in [0.15, 0.2) is 17.5 Å². The SMILES string of the molecule is C(Cc1ccccc1)=C1Cc2ccccc2-c2c1ccc1c3cc(-c4ccc5oc6cccc(-c7nc(-c8ccccc8)nc(-c8ccccc8)n7)c6c5c4)ccc3n(-c3ccccc3)c21. The Morgan fingerprint density at radius 1 is 0.455 bits per heavy atom. The highest BCUT2D eigenvalue weighted by Gasteiger charge is 2.26. The number of fused-ring (bicyclic) bond motifs is 10. The second kappa shape index (κ2) is 15.5. The molecule has 5 nitrogen and oxygen atoms in total. The molecular weight excluding hydrogens is 805 g/mol. The predicted octanol–water partition coefficient (Wildman–Crippen LogP) is 15.4. The van der Waals surface area contributed by atoms with Gasteiger partial charge in [0.1, 0.15) is 11.2 Å². The van der Waals surface area contributed by atoms with Gasteiger partial charge in [-0.3, -0.25) is 0 Å². The highest BCUT2D eigenvalue weighted by atomic mass is 16.3. The van der Waals surface area contributed by atoms with Crippen molar-refractivity contribution >= 4 is 49.3 Å². The van der Waals surface area contributed by atoms with Crippen molar-refractivity contribution in [2.45, 2.75) is 12.8 Å². The molecule has 0 saturated heterocycles. The van der Waals surface area contributed by atoms with E-state index in [0.29, 0.717) is 17.5 Å². The molecule has 0 saturated carbocycles. The van der Waals surface area contributed by atoms with E-state index in [-0.39, 0.29) is 0 Å². The first-order chi connectivity index (χ1) is 32.7. The van der Waals surface area contributed by atoms with Crippen LogP contribution in [0.25, 0.3) is 111 Å². The molecule has 310 valence electrons. The van der Waals surface area contributed by atoms with Crippen molar-refractivity contribution in [3.05, 3.63) is 235 Å². The maximum absolute atomic E-state index is 6.57. The topological polar surface area (TPSA) is 56.7 Å². The molecule has 9 aromatic carbocycles. The Labute approximate surface area is 381 Å². The first-order valence-corrected chi connectivity index (χ1v) is 22.5. The van der Waals surface area contributed by atoms with Gasteiger partial charge in [-0.2, -0.15) is 0 Å². The summed E-state index contributed by atoms with van der Waals surface area (Å²) in [6.07, 6.45) is 4.23. The van der Waals surface area contributed by atoms with Crippen LogP contribution in [-0.2, 0) is 12.8 Å². The largest absolute Gasteiger partial charge is 0.456 e. The van der Waals surface area contributed by atoms with E-state index in [2.05, 4.69) is 150 Å². The number of furan rings is 1. The molecule has 0 fully saturated rings. The van der Waals surface area contributed by atoms with E-state index in [1.54, 1.807) is 0 Å². The summed E-state index contributed by atoms with van der Waals surface area (Å²) in [5, 5.41) is 4.41. The van der Waals surface area contributed by atoms with Crippen LogP contribution in [0.3, 0.4) is 0 Å². The average Bonchev–Trinajstić information content (AvgIpc) is 3.94. The second-order valence-corrected chi connectivity index (χ2v) is 17.1. The van der Waals surface area contributed by atoms with Crippen LogP contribution in [0.5, 0.6) is 0 Å². The molecule has 13 rings (SSSR count). The molecule has 0 radical (unpaired) electrons. The Kier molecular flexibility index (Phi) is 8.91. The van der Waals surface area contributed by atoms with E-state index < -0.39 is 0 Å². The van der Waals surface area contributed by atoms with Gasteiger partial charge in [-0.15, -0.1) is 0 Å². The molecule has 3 heterocycles. The van der Waals surface area contributed by atoms with Crippen LogP contribution < -0.4 is 0 Å². The number of hydrogen-bond acceptors (Lipinski definition) is 4. The molecule has 66 heavy (non-hydrogen) atoms. The van der Waals surface area contributed by atoms with Gasteiger partial charge in [-0.05, 0) is 94.3 Å². The molecule has 5 heteroatoms. The molecule has 0 aliphatic heterocycles. The van der Waals surface area contributed by atoms with Crippen LogP contribution in [0.1, 0.15) is 16.7 Å². The van der Waals surface area contributed by atoms with Crippen molar-refractivity contribution in [3.63, 3.8) is 0 Å². The molecule has 0 bridgehead atoms. The lowest BCUT2D eigenvalue weighted by Gasteiger charge is -2.25. The van der Waals surface area contributed by atoms with Gasteiger partial charge in [0.2, 0.25) is 0 Å². The van der Waals surface area contributed by atoms with Crippen LogP contribution in [0.2, 0.25) is 0 Å². The van der Waals surface area contributed by atoms with Gasteiger partial charge in [-0.25, -0.2) is 15.0 Å². The van der Waals surface area contributed by atoms with Crippen molar-refractivity contribution in [3.8, 4) is 62.1 Å². The summed E-state index contributed by atoms with van der Waals surface area (Å²) in [5.41, 5.74) is 18.0. The fourth-order valence-electron chi connectivity index (χ4n) is 10.1. The monoisotopic (exact) mass is 844 g/mol. The number of para-hydroxylation sites is 1. The van der Waals surface area contributed by atoms with E-state index in [4.69, 9.17) is 19.4 Å². The third-order valence-corrected chi connectivity index (χ3v) is 13.2. The van der Waals surface area contributed by atoms with Crippen LogP contribution >= 0.6 is 0 Å². The van der Waals surface area contributed by atoms with E-state index in [9.17, 15) is 0 Å². The van der Waals surface area contributed by atoms with Gasteiger partial charge < -0.3 is 8.98 Å². The molecular formula is C61H40N4O. The summed E-state index contributed by atoms with van der Waals surface area (Å²) in [5.74, 6) is 1.84. The molecule has 0 atom stereocenters. The van der Waals surface area contributed by atoms with E-state index >= 15 is 0 Å². The second-order valence-electron chi connectivity index (χ2n) is 17.1. The quantitative estimate of drug-likeness (QED) is 0.160. The fourth-order valence-corrected chi connectivity index (χ4v) is 10.1. The lowest BCUT2D eigenvalue weighted by molar-refractivity contribution is 0.669. The smallest absolute Gasteiger partial charge is 0.164 e. The predicted molar refractivity (Wildman–Crippen MR) is 270 cm³/mol. The van der Waals surface area contributed by atoms with Crippen LogP contribution in [0.15, 0.2) is 223 Å². The van der Waals surface area contributed by atoms with Crippen molar-refractivity contribution in [1.82, 2.24) is 19.5 Å². The maximum Gasteiger partial charge on any atom is 0.164 e.